The van der Waals surface area contributed by atoms with Crippen LogP contribution >= 0.6 is 11.3 Å². The molecule has 1 heterocycles. The number of carbonyl (C=O) groups is 1. The van der Waals surface area contributed by atoms with Crippen molar-refractivity contribution in [2.24, 2.45) is 0 Å². The number of thiazole rings is 1. The van der Waals surface area contributed by atoms with Gasteiger partial charge >= 0.3 is 0 Å². The molecule has 14 heavy (non-hydrogen) atoms. The first-order chi connectivity index (χ1) is 6.39. The van der Waals surface area contributed by atoms with E-state index in [9.17, 15) is 9.90 Å². The highest BCUT2D eigenvalue weighted by Crippen LogP contribution is 2.11. The zero-order valence-corrected chi connectivity index (χ0v) is 9.31. The van der Waals surface area contributed by atoms with Gasteiger partial charge in [0.1, 0.15) is 10.6 Å². The van der Waals surface area contributed by atoms with Crippen molar-refractivity contribution in [3.8, 4) is 0 Å². The molecule has 0 fully saturated rings. The minimum atomic E-state index is -1.33. The topological polar surface area (TPSA) is 62.2 Å². The van der Waals surface area contributed by atoms with Gasteiger partial charge in [0.25, 0.3) is 5.91 Å². The third-order valence-electron chi connectivity index (χ3n) is 1.62. The third kappa shape index (κ3) is 3.08. The number of hydrogen-bond acceptors (Lipinski definition) is 4. The van der Waals surface area contributed by atoms with E-state index in [-0.39, 0.29) is 5.91 Å². The SMILES string of the molecule is Cc1cnc(CNC(=O)C(C)(C)O)s1. The Kier molecular flexibility index (Phi) is 3.23. The lowest BCUT2D eigenvalue weighted by atomic mass is 10.1. The molecule has 78 valence electrons. The number of carbonyl (C=O) groups excluding carboxylic acids is 1. The maximum absolute atomic E-state index is 11.3. The molecule has 0 unspecified atom stereocenters. The molecule has 4 nitrogen and oxygen atoms in total. The first-order valence-corrected chi connectivity index (χ1v) is 5.13. The number of amides is 1. The average Bonchev–Trinajstić information content (AvgIpc) is 2.45. The highest BCUT2D eigenvalue weighted by Gasteiger charge is 2.23. The standard InChI is InChI=1S/C9H14N2O2S/c1-6-4-10-7(14-6)5-11-8(12)9(2,3)13/h4,13H,5H2,1-3H3,(H,11,12). The monoisotopic (exact) mass is 214 g/mol. The molecule has 2 N–H and O–H groups in total. The molecule has 1 amide bonds. The molecule has 0 aromatic carbocycles. The van der Waals surface area contributed by atoms with Crippen molar-refractivity contribution >= 4 is 17.2 Å². The Morgan fingerprint density at radius 2 is 2.36 bits per heavy atom. The summed E-state index contributed by atoms with van der Waals surface area (Å²) in [6.45, 7) is 5.24. The minimum Gasteiger partial charge on any atom is -0.381 e. The number of aliphatic hydroxyl groups is 1. The Bertz CT molecular complexity index is 328. The van der Waals surface area contributed by atoms with Crippen LogP contribution in [-0.2, 0) is 11.3 Å². The summed E-state index contributed by atoms with van der Waals surface area (Å²) in [5, 5.41) is 12.8. The van der Waals surface area contributed by atoms with Crippen LogP contribution in [0.5, 0.6) is 0 Å². The first-order valence-electron chi connectivity index (χ1n) is 4.31. The Morgan fingerprint density at radius 3 is 2.79 bits per heavy atom. The number of aryl methyl sites for hydroxylation is 1. The molecule has 0 saturated carbocycles. The molecular formula is C9H14N2O2S. The molecule has 0 aliphatic carbocycles. The highest BCUT2D eigenvalue weighted by molar-refractivity contribution is 7.11. The van der Waals surface area contributed by atoms with Crippen LogP contribution in [0.3, 0.4) is 0 Å². The van der Waals surface area contributed by atoms with Crippen molar-refractivity contribution in [3.63, 3.8) is 0 Å². The molecule has 1 rings (SSSR count). The van der Waals surface area contributed by atoms with E-state index in [4.69, 9.17) is 0 Å². The Morgan fingerprint density at radius 1 is 1.71 bits per heavy atom. The normalized spacial score (nSPS) is 11.4. The summed E-state index contributed by atoms with van der Waals surface area (Å²) >= 11 is 1.53. The van der Waals surface area contributed by atoms with Gasteiger partial charge in [0.2, 0.25) is 0 Å². The van der Waals surface area contributed by atoms with Crippen LogP contribution in [-0.4, -0.2) is 21.6 Å². The van der Waals surface area contributed by atoms with Crippen LogP contribution in [0.25, 0.3) is 0 Å². The summed E-state index contributed by atoms with van der Waals surface area (Å²) in [5.74, 6) is -0.384. The Balaban J connectivity index is 2.46. The molecule has 1 aromatic heterocycles. The van der Waals surface area contributed by atoms with Crippen molar-refractivity contribution in [2.45, 2.75) is 32.9 Å². The zero-order chi connectivity index (χ0) is 10.8. The van der Waals surface area contributed by atoms with E-state index in [1.54, 1.807) is 6.20 Å². The quantitative estimate of drug-likeness (QED) is 0.783. The van der Waals surface area contributed by atoms with Crippen molar-refractivity contribution in [1.29, 1.82) is 0 Å². The fourth-order valence-electron chi connectivity index (χ4n) is 0.855. The lowest BCUT2D eigenvalue weighted by molar-refractivity contribution is -0.136. The van der Waals surface area contributed by atoms with Gasteiger partial charge in [0.15, 0.2) is 0 Å². The van der Waals surface area contributed by atoms with Gasteiger partial charge in [-0.25, -0.2) is 4.98 Å². The minimum absolute atomic E-state index is 0.376. The fraction of sp³-hybridized carbons (Fsp3) is 0.556. The smallest absolute Gasteiger partial charge is 0.251 e. The van der Waals surface area contributed by atoms with Gasteiger partial charge in [-0.15, -0.1) is 11.3 Å². The fourth-order valence-corrected chi connectivity index (χ4v) is 1.58. The average molecular weight is 214 g/mol. The molecule has 0 saturated heterocycles. The van der Waals surface area contributed by atoms with E-state index in [2.05, 4.69) is 10.3 Å². The maximum atomic E-state index is 11.3. The first kappa shape index (κ1) is 11.1. The predicted octanol–water partition coefficient (Wildman–Crippen LogP) is 0.839. The number of aromatic nitrogens is 1. The number of nitrogens with zero attached hydrogens (tertiary/aromatic N) is 1. The van der Waals surface area contributed by atoms with Crippen molar-refractivity contribution in [1.82, 2.24) is 10.3 Å². The largest absolute Gasteiger partial charge is 0.381 e. The van der Waals surface area contributed by atoms with E-state index in [1.165, 1.54) is 25.2 Å². The Labute approximate surface area is 87.0 Å². The summed E-state index contributed by atoms with van der Waals surface area (Å²) in [4.78, 5) is 16.5. The van der Waals surface area contributed by atoms with Gasteiger partial charge < -0.3 is 10.4 Å². The lowest BCUT2D eigenvalue weighted by Crippen LogP contribution is -2.41. The highest BCUT2D eigenvalue weighted by atomic mass is 32.1. The second-order valence-corrected chi connectivity index (χ2v) is 4.93. The lowest BCUT2D eigenvalue weighted by Gasteiger charge is -2.15. The van der Waals surface area contributed by atoms with Gasteiger partial charge in [-0.05, 0) is 20.8 Å². The molecular weight excluding hydrogens is 200 g/mol. The van der Waals surface area contributed by atoms with Crippen LogP contribution in [0.1, 0.15) is 23.7 Å². The second-order valence-electron chi connectivity index (χ2n) is 3.61. The summed E-state index contributed by atoms with van der Waals surface area (Å²) in [5.41, 5.74) is -1.33. The van der Waals surface area contributed by atoms with E-state index >= 15 is 0 Å². The molecule has 0 radical (unpaired) electrons. The third-order valence-corrected chi connectivity index (χ3v) is 2.54. The van der Waals surface area contributed by atoms with Crippen LogP contribution < -0.4 is 5.32 Å². The van der Waals surface area contributed by atoms with E-state index in [0.717, 1.165) is 9.88 Å². The molecule has 0 bridgehead atoms. The summed E-state index contributed by atoms with van der Waals surface area (Å²) in [6, 6.07) is 0. The molecule has 5 heteroatoms. The van der Waals surface area contributed by atoms with E-state index in [1.807, 2.05) is 6.92 Å². The van der Waals surface area contributed by atoms with Crippen molar-refractivity contribution in [3.05, 3.63) is 16.1 Å². The zero-order valence-electron chi connectivity index (χ0n) is 8.50. The Hall–Kier alpha value is -0.940. The molecule has 0 spiro atoms. The van der Waals surface area contributed by atoms with Crippen LogP contribution in [0.4, 0.5) is 0 Å². The summed E-state index contributed by atoms with van der Waals surface area (Å²) < 4.78 is 0. The number of nitrogens with one attached hydrogen (secondary N) is 1. The van der Waals surface area contributed by atoms with Crippen LogP contribution in [0.15, 0.2) is 6.20 Å². The van der Waals surface area contributed by atoms with Crippen molar-refractivity contribution < 1.29 is 9.90 Å². The summed E-state index contributed by atoms with van der Waals surface area (Å²) in [6.07, 6.45) is 1.76. The van der Waals surface area contributed by atoms with Gasteiger partial charge in [-0.1, -0.05) is 0 Å². The predicted molar refractivity (Wildman–Crippen MR) is 55.0 cm³/mol. The molecule has 0 aliphatic rings. The molecule has 0 aliphatic heterocycles. The number of rotatable bonds is 3. The second kappa shape index (κ2) is 4.06. The molecule has 0 atom stereocenters. The van der Waals surface area contributed by atoms with Crippen LogP contribution in [0.2, 0.25) is 0 Å². The van der Waals surface area contributed by atoms with E-state index < -0.39 is 5.60 Å². The van der Waals surface area contributed by atoms with Gasteiger partial charge in [0.05, 0.1) is 6.54 Å². The molecule has 1 aromatic rings. The summed E-state index contributed by atoms with van der Waals surface area (Å²) in [7, 11) is 0. The maximum Gasteiger partial charge on any atom is 0.251 e. The van der Waals surface area contributed by atoms with Gasteiger partial charge in [-0.3, -0.25) is 4.79 Å². The van der Waals surface area contributed by atoms with Crippen molar-refractivity contribution in [2.75, 3.05) is 0 Å². The van der Waals surface area contributed by atoms with E-state index in [0.29, 0.717) is 6.54 Å². The van der Waals surface area contributed by atoms with Crippen LogP contribution in [0, 0.1) is 6.92 Å². The van der Waals surface area contributed by atoms with Gasteiger partial charge in [-0.2, -0.15) is 0 Å². The number of hydrogen-bond donors (Lipinski definition) is 2. The van der Waals surface area contributed by atoms with Gasteiger partial charge in [0, 0.05) is 11.1 Å².